The Hall–Kier alpha value is -4.41. The number of rotatable bonds is 7. The van der Waals surface area contributed by atoms with Crippen LogP contribution in [-0.4, -0.2) is 69.1 Å². The van der Waals surface area contributed by atoms with E-state index in [1.165, 1.54) is 31.5 Å². The molecule has 0 spiro atoms. The lowest BCUT2D eigenvalue weighted by atomic mass is 9.85. The van der Waals surface area contributed by atoms with Crippen LogP contribution in [0.4, 0.5) is 38.0 Å². The number of halogens is 6. The third-order valence-corrected chi connectivity index (χ3v) is 6.95. The van der Waals surface area contributed by atoms with E-state index in [0.717, 1.165) is 31.4 Å². The van der Waals surface area contributed by atoms with Crippen LogP contribution in [-0.2, 0) is 15.0 Å². The highest BCUT2D eigenvalue weighted by atomic mass is 19.4. The summed E-state index contributed by atoms with van der Waals surface area (Å²) >= 11 is 0. The summed E-state index contributed by atoms with van der Waals surface area (Å²) in [5.74, 6) is -9.03. The summed E-state index contributed by atoms with van der Waals surface area (Å²) in [6.07, 6.45) is -6.58. The van der Waals surface area contributed by atoms with Crippen molar-refractivity contribution < 1.29 is 55.3 Å². The van der Waals surface area contributed by atoms with Crippen molar-refractivity contribution in [3.05, 3.63) is 41.6 Å². The van der Waals surface area contributed by atoms with Crippen molar-refractivity contribution in [1.82, 2.24) is 14.6 Å². The number of anilines is 2. The van der Waals surface area contributed by atoms with E-state index >= 15 is 0 Å². The number of nitrogens with zero attached hydrogens (tertiary/aromatic N) is 4. The molecule has 11 nitrogen and oxygen atoms in total. The number of aliphatic hydroxyl groups is 1. The average Bonchev–Trinajstić information content (AvgIpc) is 3.33. The number of benzene rings is 1. The number of amides is 1. The number of ether oxygens (including phenoxy) is 2. The first-order valence-electron chi connectivity index (χ1n) is 13.7. The van der Waals surface area contributed by atoms with Crippen LogP contribution < -0.4 is 19.7 Å². The van der Waals surface area contributed by atoms with Gasteiger partial charge in [0, 0.05) is 24.8 Å². The smallest absolute Gasteiger partial charge is 0.416 e. The summed E-state index contributed by atoms with van der Waals surface area (Å²) in [6, 6.07) is 5.35. The Labute approximate surface area is 252 Å². The zero-order valence-corrected chi connectivity index (χ0v) is 24.3. The molecular weight excluding hydrogens is 616 g/mol. The number of carbonyl (C=O) groups excluding carboxylic acids is 3. The summed E-state index contributed by atoms with van der Waals surface area (Å²) in [4.78, 5) is 43.2. The normalized spacial score (nSPS) is 16.0. The summed E-state index contributed by atoms with van der Waals surface area (Å²) in [7, 11) is 0. The Bertz CT molecular complexity index is 1600. The van der Waals surface area contributed by atoms with E-state index in [0.29, 0.717) is 18.8 Å². The second-order valence-corrected chi connectivity index (χ2v) is 11.3. The molecular formula is C28H29F6N5O6. The highest BCUT2D eigenvalue weighted by Gasteiger charge is 2.45. The molecule has 1 unspecified atom stereocenters. The zero-order chi connectivity index (χ0) is 33.3. The van der Waals surface area contributed by atoms with Gasteiger partial charge in [-0.1, -0.05) is 26.8 Å². The van der Waals surface area contributed by atoms with Crippen LogP contribution >= 0.6 is 0 Å². The number of aliphatic hydroxyl groups excluding tert-OH is 1. The molecule has 3 aromatic rings. The number of piperidine rings is 1. The maximum atomic E-state index is 13.3. The van der Waals surface area contributed by atoms with Crippen LogP contribution in [0.3, 0.4) is 0 Å². The van der Waals surface area contributed by atoms with Crippen molar-refractivity contribution in [2.75, 3.05) is 23.4 Å². The Kier molecular flexibility index (Phi) is 9.32. The Morgan fingerprint density at radius 1 is 0.956 bits per heavy atom. The van der Waals surface area contributed by atoms with Gasteiger partial charge in [-0.3, -0.25) is 4.79 Å². The highest BCUT2D eigenvalue weighted by Crippen LogP contribution is 2.43. The number of fused-ring (bicyclic) bond motifs is 1. The maximum Gasteiger partial charge on any atom is 0.491 e. The van der Waals surface area contributed by atoms with Crippen LogP contribution in [0.5, 0.6) is 11.5 Å². The van der Waals surface area contributed by atoms with Crippen LogP contribution in [0.1, 0.15) is 62.4 Å². The molecule has 0 aliphatic carbocycles. The second-order valence-electron chi connectivity index (χ2n) is 11.3. The first kappa shape index (κ1) is 33.5. The van der Waals surface area contributed by atoms with E-state index in [4.69, 9.17) is 0 Å². The van der Waals surface area contributed by atoms with E-state index in [-0.39, 0.29) is 29.7 Å². The number of hydrogen-bond acceptors (Lipinski definition) is 9. The molecule has 0 saturated carbocycles. The minimum absolute atomic E-state index is 0.00120. The molecule has 1 saturated heterocycles. The van der Waals surface area contributed by atoms with E-state index in [2.05, 4.69) is 24.9 Å². The second kappa shape index (κ2) is 12.5. The van der Waals surface area contributed by atoms with Gasteiger partial charge in [0.1, 0.15) is 5.82 Å². The van der Waals surface area contributed by atoms with Crippen molar-refractivity contribution >= 4 is 35.1 Å². The molecule has 1 amide bonds. The molecule has 3 heterocycles. The van der Waals surface area contributed by atoms with Gasteiger partial charge < -0.3 is 24.8 Å². The first-order chi connectivity index (χ1) is 20.9. The Morgan fingerprint density at radius 3 is 2.20 bits per heavy atom. The Balaban J connectivity index is 1.73. The SMILES string of the molecule is CC(C)(C)c1ccc(C(=O)Nc2cn3nc(N4CCCCC4CCO)ccc3n2)c(OC(=O)C(F)(F)F)c1OC(=O)C(F)(F)F. The average molecular weight is 646 g/mol. The number of nitrogens with one attached hydrogen (secondary N) is 1. The number of alkyl halides is 6. The van der Waals surface area contributed by atoms with Gasteiger partial charge in [0.25, 0.3) is 5.91 Å². The van der Waals surface area contributed by atoms with Gasteiger partial charge in [-0.25, -0.2) is 19.1 Å². The molecule has 45 heavy (non-hydrogen) atoms. The monoisotopic (exact) mass is 645 g/mol. The first-order valence-corrected chi connectivity index (χ1v) is 13.7. The standard InChI is InChI=1S/C28H29F6N5O6/c1-26(2,3)17-8-7-16(21(44-24(42)27(29,30)31)22(17)45-25(43)28(32,33)34)23(41)36-18-14-39-19(35-18)9-10-20(37-39)38-12-5-4-6-15(38)11-13-40/h7-10,14-15,40H,4-6,11-13H2,1-3H3,(H,36,41). The van der Waals surface area contributed by atoms with Gasteiger partial charge in [0.2, 0.25) is 0 Å². The fourth-order valence-corrected chi connectivity index (χ4v) is 4.86. The van der Waals surface area contributed by atoms with Crippen molar-refractivity contribution in [2.24, 2.45) is 0 Å². The van der Waals surface area contributed by atoms with Crippen molar-refractivity contribution in [1.29, 1.82) is 0 Å². The Morgan fingerprint density at radius 2 is 1.60 bits per heavy atom. The maximum absolute atomic E-state index is 13.3. The van der Waals surface area contributed by atoms with E-state index < -0.39 is 52.7 Å². The molecule has 244 valence electrons. The number of hydrogen-bond donors (Lipinski definition) is 2. The summed E-state index contributed by atoms with van der Waals surface area (Å²) in [5.41, 5.74) is -2.01. The largest absolute Gasteiger partial charge is 0.491 e. The molecule has 1 aliphatic heterocycles. The minimum atomic E-state index is -5.62. The highest BCUT2D eigenvalue weighted by molar-refractivity contribution is 6.07. The quantitative estimate of drug-likeness (QED) is 0.208. The van der Waals surface area contributed by atoms with Crippen molar-refractivity contribution in [2.45, 2.75) is 70.3 Å². The zero-order valence-electron chi connectivity index (χ0n) is 24.3. The van der Waals surface area contributed by atoms with Gasteiger partial charge in [-0.2, -0.15) is 26.3 Å². The van der Waals surface area contributed by atoms with Gasteiger partial charge in [-0.15, -0.1) is 5.10 Å². The lowest BCUT2D eigenvalue weighted by molar-refractivity contribution is -0.191. The molecule has 17 heteroatoms. The summed E-state index contributed by atoms with van der Waals surface area (Å²) < 4.78 is 89.1. The predicted octanol–water partition coefficient (Wildman–Crippen LogP) is 4.96. The molecule has 2 aromatic heterocycles. The van der Waals surface area contributed by atoms with Gasteiger partial charge >= 0.3 is 24.3 Å². The molecule has 0 radical (unpaired) electrons. The van der Waals surface area contributed by atoms with Crippen LogP contribution in [0.15, 0.2) is 30.5 Å². The molecule has 2 N–H and O–H groups in total. The minimum Gasteiger partial charge on any atom is -0.416 e. The lowest BCUT2D eigenvalue weighted by Gasteiger charge is -2.36. The van der Waals surface area contributed by atoms with Crippen LogP contribution in [0.25, 0.3) is 5.65 Å². The number of carbonyl (C=O) groups is 3. The molecule has 4 rings (SSSR count). The molecule has 1 aliphatic rings. The van der Waals surface area contributed by atoms with Gasteiger partial charge in [0.15, 0.2) is 23.0 Å². The molecule has 1 atom stereocenters. The van der Waals surface area contributed by atoms with Crippen molar-refractivity contribution in [3.8, 4) is 11.5 Å². The number of imidazole rings is 1. The fraction of sp³-hybridized carbons (Fsp3) is 0.464. The molecule has 1 aromatic carbocycles. The van der Waals surface area contributed by atoms with E-state index in [9.17, 15) is 45.8 Å². The summed E-state index contributed by atoms with van der Waals surface area (Å²) in [6.45, 7) is 5.02. The van der Waals surface area contributed by atoms with Gasteiger partial charge in [-0.05, 0) is 49.3 Å². The lowest BCUT2D eigenvalue weighted by Crippen LogP contribution is -2.40. The van der Waals surface area contributed by atoms with E-state index in [1.807, 2.05) is 4.90 Å². The van der Waals surface area contributed by atoms with Crippen molar-refractivity contribution in [3.63, 3.8) is 0 Å². The third kappa shape index (κ3) is 7.64. The van der Waals surface area contributed by atoms with Crippen LogP contribution in [0.2, 0.25) is 0 Å². The topological polar surface area (TPSA) is 135 Å². The molecule has 1 fully saturated rings. The fourth-order valence-electron chi connectivity index (χ4n) is 4.86. The number of aromatic nitrogens is 3. The number of esters is 2. The van der Waals surface area contributed by atoms with E-state index in [1.54, 1.807) is 12.1 Å². The third-order valence-electron chi connectivity index (χ3n) is 6.95. The molecule has 0 bridgehead atoms. The van der Waals surface area contributed by atoms with Gasteiger partial charge in [0.05, 0.1) is 11.8 Å². The predicted molar refractivity (Wildman–Crippen MR) is 146 cm³/mol. The van der Waals surface area contributed by atoms with Crippen LogP contribution in [0, 0.1) is 0 Å². The summed E-state index contributed by atoms with van der Waals surface area (Å²) in [5, 5.41) is 16.3.